The van der Waals surface area contributed by atoms with Gasteiger partial charge >= 0.3 is 0 Å². The van der Waals surface area contributed by atoms with Crippen LogP contribution in [0, 0.1) is 0 Å². The summed E-state index contributed by atoms with van der Waals surface area (Å²) >= 11 is 0. The van der Waals surface area contributed by atoms with E-state index in [0.29, 0.717) is 0 Å². The normalized spacial score (nSPS) is 12.5. The molecule has 0 bridgehead atoms. The third-order valence-electron chi connectivity index (χ3n) is 2.18. The summed E-state index contributed by atoms with van der Waals surface area (Å²) in [7, 11) is 4.06. The molecule has 0 rings (SSSR count). The summed E-state index contributed by atoms with van der Waals surface area (Å²) in [4.78, 5) is 2.26. The number of nitrogens with zero attached hydrogens (tertiary/aromatic N) is 1. The summed E-state index contributed by atoms with van der Waals surface area (Å²) in [5.41, 5.74) is 5.71. The highest BCUT2D eigenvalue weighted by atomic mass is 15.2. The Morgan fingerprint density at radius 2 is 2.00 bits per heavy atom. The van der Waals surface area contributed by atoms with Crippen LogP contribution in [0.1, 0.15) is 20.3 Å². The Hall–Kier alpha value is -0.120. The summed E-state index contributed by atoms with van der Waals surface area (Å²) in [6.07, 6.45) is 1.03. The van der Waals surface area contributed by atoms with Gasteiger partial charge in [-0.2, -0.15) is 0 Å². The number of nitrogens with one attached hydrogen (secondary N) is 1. The van der Waals surface area contributed by atoms with Crippen molar-refractivity contribution in [2.24, 2.45) is 5.73 Å². The monoisotopic (exact) mass is 159 g/mol. The van der Waals surface area contributed by atoms with Crippen molar-refractivity contribution < 1.29 is 0 Å². The van der Waals surface area contributed by atoms with Gasteiger partial charge < -0.3 is 11.1 Å². The molecule has 0 aromatic rings. The maximum atomic E-state index is 5.50. The van der Waals surface area contributed by atoms with E-state index >= 15 is 0 Å². The van der Waals surface area contributed by atoms with Crippen LogP contribution in [0.5, 0.6) is 0 Å². The van der Waals surface area contributed by atoms with Gasteiger partial charge in [0.15, 0.2) is 0 Å². The van der Waals surface area contributed by atoms with E-state index in [1.807, 2.05) is 7.05 Å². The van der Waals surface area contributed by atoms with Crippen LogP contribution >= 0.6 is 0 Å². The Labute approximate surface area is 69.9 Å². The standard InChI is InChI=1S/C8H21N3/c1-8(2,5-6-9)11(4)7-10-3/h10H,5-7,9H2,1-4H3. The lowest BCUT2D eigenvalue weighted by molar-refractivity contribution is 0.140. The first-order chi connectivity index (χ1) is 5.04. The van der Waals surface area contributed by atoms with E-state index in [9.17, 15) is 0 Å². The van der Waals surface area contributed by atoms with Gasteiger partial charge in [-0.3, -0.25) is 4.90 Å². The average molecular weight is 159 g/mol. The van der Waals surface area contributed by atoms with Crippen molar-refractivity contribution >= 4 is 0 Å². The van der Waals surface area contributed by atoms with Crippen LogP contribution in [0.4, 0.5) is 0 Å². The Morgan fingerprint density at radius 3 is 2.36 bits per heavy atom. The van der Waals surface area contributed by atoms with E-state index in [2.05, 4.69) is 31.1 Å². The summed E-state index contributed by atoms with van der Waals surface area (Å²) in [5, 5.41) is 3.12. The fourth-order valence-electron chi connectivity index (χ4n) is 0.995. The van der Waals surface area contributed by atoms with Gasteiger partial charge in [0.2, 0.25) is 0 Å². The van der Waals surface area contributed by atoms with Crippen LogP contribution in [0.25, 0.3) is 0 Å². The molecule has 0 fully saturated rings. The zero-order valence-electron chi connectivity index (χ0n) is 8.15. The zero-order chi connectivity index (χ0) is 8.91. The molecule has 0 aliphatic carbocycles. The molecule has 0 amide bonds. The molecule has 0 spiro atoms. The number of nitrogens with two attached hydrogens (primary N) is 1. The molecule has 0 saturated carbocycles. The van der Waals surface area contributed by atoms with Crippen molar-refractivity contribution in [3.63, 3.8) is 0 Å². The fraction of sp³-hybridized carbons (Fsp3) is 1.00. The van der Waals surface area contributed by atoms with Crippen LogP contribution in [0.2, 0.25) is 0 Å². The lowest BCUT2D eigenvalue weighted by Crippen LogP contribution is -2.46. The van der Waals surface area contributed by atoms with E-state index in [1.54, 1.807) is 0 Å². The predicted octanol–water partition coefficient (Wildman–Crippen LogP) is 0.223. The quantitative estimate of drug-likeness (QED) is 0.564. The minimum Gasteiger partial charge on any atom is -0.330 e. The second-order valence-electron chi connectivity index (χ2n) is 3.56. The molecule has 0 heterocycles. The van der Waals surface area contributed by atoms with E-state index in [4.69, 9.17) is 5.73 Å². The zero-order valence-corrected chi connectivity index (χ0v) is 8.15. The molecule has 0 radical (unpaired) electrons. The number of hydrogen-bond donors (Lipinski definition) is 2. The molecule has 0 aliphatic rings. The van der Waals surface area contributed by atoms with E-state index in [-0.39, 0.29) is 5.54 Å². The highest BCUT2D eigenvalue weighted by Gasteiger charge is 2.21. The number of rotatable bonds is 5. The predicted molar refractivity (Wildman–Crippen MR) is 49.4 cm³/mol. The minimum atomic E-state index is 0.206. The van der Waals surface area contributed by atoms with Crippen LogP contribution in [-0.2, 0) is 0 Å². The average Bonchev–Trinajstić information content (AvgIpc) is 1.88. The van der Waals surface area contributed by atoms with Gasteiger partial charge in [0.1, 0.15) is 0 Å². The van der Waals surface area contributed by atoms with Crippen LogP contribution in [0.3, 0.4) is 0 Å². The maximum Gasteiger partial charge on any atom is 0.0480 e. The van der Waals surface area contributed by atoms with E-state index in [1.165, 1.54) is 0 Å². The third kappa shape index (κ3) is 3.70. The molecule has 3 N–H and O–H groups in total. The van der Waals surface area contributed by atoms with Gasteiger partial charge in [-0.1, -0.05) is 0 Å². The van der Waals surface area contributed by atoms with Crippen LogP contribution in [-0.4, -0.2) is 37.7 Å². The molecule has 0 aromatic heterocycles. The van der Waals surface area contributed by atoms with Crippen LogP contribution < -0.4 is 11.1 Å². The van der Waals surface area contributed by atoms with Crippen molar-refractivity contribution in [2.45, 2.75) is 25.8 Å². The van der Waals surface area contributed by atoms with Crippen molar-refractivity contribution in [3.05, 3.63) is 0 Å². The highest BCUT2D eigenvalue weighted by molar-refractivity contribution is 4.78. The molecular formula is C8H21N3. The summed E-state index contributed by atoms with van der Waals surface area (Å²) < 4.78 is 0. The molecule has 11 heavy (non-hydrogen) atoms. The molecule has 3 nitrogen and oxygen atoms in total. The fourth-order valence-corrected chi connectivity index (χ4v) is 0.995. The Balaban J connectivity index is 3.83. The van der Waals surface area contributed by atoms with Gasteiger partial charge in [-0.25, -0.2) is 0 Å². The lowest BCUT2D eigenvalue weighted by Gasteiger charge is -2.35. The molecule has 0 saturated heterocycles. The molecule has 3 heteroatoms. The SMILES string of the molecule is CNCN(C)C(C)(C)CCN. The number of hydrogen-bond acceptors (Lipinski definition) is 3. The van der Waals surface area contributed by atoms with Gasteiger partial charge in [-0.05, 0) is 40.9 Å². The van der Waals surface area contributed by atoms with Gasteiger partial charge in [-0.15, -0.1) is 0 Å². The third-order valence-corrected chi connectivity index (χ3v) is 2.18. The van der Waals surface area contributed by atoms with Crippen molar-refractivity contribution in [1.82, 2.24) is 10.2 Å². The van der Waals surface area contributed by atoms with E-state index in [0.717, 1.165) is 19.6 Å². The Bertz CT molecular complexity index is 102. The second kappa shape index (κ2) is 4.70. The highest BCUT2D eigenvalue weighted by Crippen LogP contribution is 2.14. The smallest absolute Gasteiger partial charge is 0.0480 e. The Kier molecular flexibility index (Phi) is 4.65. The maximum absolute atomic E-state index is 5.50. The van der Waals surface area contributed by atoms with Gasteiger partial charge in [0.05, 0.1) is 0 Å². The van der Waals surface area contributed by atoms with E-state index < -0.39 is 0 Å². The minimum absolute atomic E-state index is 0.206. The first kappa shape index (κ1) is 10.9. The largest absolute Gasteiger partial charge is 0.330 e. The van der Waals surface area contributed by atoms with Gasteiger partial charge in [0, 0.05) is 12.2 Å². The molecule has 0 aliphatic heterocycles. The van der Waals surface area contributed by atoms with Crippen molar-refractivity contribution in [3.8, 4) is 0 Å². The topological polar surface area (TPSA) is 41.3 Å². The molecule has 0 aromatic carbocycles. The Morgan fingerprint density at radius 1 is 1.45 bits per heavy atom. The first-order valence-corrected chi connectivity index (χ1v) is 4.10. The second-order valence-corrected chi connectivity index (χ2v) is 3.56. The summed E-state index contributed by atoms with van der Waals surface area (Å²) in [6.45, 7) is 6.07. The summed E-state index contributed by atoms with van der Waals surface area (Å²) in [6, 6.07) is 0. The molecular weight excluding hydrogens is 138 g/mol. The van der Waals surface area contributed by atoms with Crippen molar-refractivity contribution in [2.75, 3.05) is 27.3 Å². The molecule has 0 atom stereocenters. The van der Waals surface area contributed by atoms with Crippen LogP contribution in [0.15, 0.2) is 0 Å². The lowest BCUT2D eigenvalue weighted by atomic mass is 9.99. The van der Waals surface area contributed by atoms with Crippen molar-refractivity contribution in [1.29, 1.82) is 0 Å². The van der Waals surface area contributed by atoms with Gasteiger partial charge in [0.25, 0.3) is 0 Å². The molecule has 0 unspecified atom stereocenters. The first-order valence-electron chi connectivity index (χ1n) is 4.10. The summed E-state index contributed by atoms with van der Waals surface area (Å²) in [5.74, 6) is 0. The molecule has 68 valence electrons.